The molecule has 0 saturated heterocycles. The van der Waals surface area contributed by atoms with Gasteiger partial charge in [-0.1, -0.05) is 6.07 Å². The van der Waals surface area contributed by atoms with Crippen LogP contribution < -0.4 is 5.32 Å². The van der Waals surface area contributed by atoms with Crippen molar-refractivity contribution >= 4 is 11.4 Å². The van der Waals surface area contributed by atoms with Crippen molar-refractivity contribution in [2.45, 2.75) is 0 Å². The number of rotatable bonds is 2. The Balaban J connectivity index is 2.19. The van der Waals surface area contributed by atoms with Crippen molar-refractivity contribution in [1.82, 2.24) is 10.2 Å². The van der Waals surface area contributed by atoms with Gasteiger partial charge in [-0.25, -0.2) is 0 Å². The van der Waals surface area contributed by atoms with Gasteiger partial charge in [-0.15, -0.1) is 0 Å². The van der Waals surface area contributed by atoms with Crippen LogP contribution >= 0.6 is 0 Å². The van der Waals surface area contributed by atoms with Crippen molar-refractivity contribution in [3.63, 3.8) is 0 Å². The smallest absolute Gasteiger partial charge is 0.117 e. The van der Waals surface area contributed by atoms with Gasteiger partial charge in [0.25, 0.3) is 0 Å². The highest BCUT2D eigenvalue weighted by Gasteiger charge is 1.95. The minimum Gasteiger partial charge on any atom is -0.508 e. The standard InChI is InChI=1S/C9H9N3O/c13-9-3-1-2-7(4-9)12-8-5-10-11-6-8/h1-6,12-13H,(H,10,11). The van der Waals surface area contributed by atoms with Gasteiger partial charge in [-0.2, -0.15) is 5.10 Å². The molecule has 0 bridgehead atoms. The number of phenols is 1. The van der Waals surface area contributed by atoms with E-state index in [1.54, 1.807) is 30.6 Å². The predicted molar refractivity (Wildman–Crippen MR) is 50.0 cm³/mol. The number of nitrogens with zero attached hydrogens (tertiary/aromatic N) is 1. The molecule has 0 aliphatic heterocycles. The molecule has 0 unspecified atom stereocenters. The molecule has 4 heteroatoms. The number of aromatic nitrogens is 2. The molecule has 2 rings (SSSR count). The van der Waals surface area contributed by atoms with Crippen molar-refractivity contribution in [2.75, 3.05) is 5.32 Å². The summed E-state index contributed by atoms with van der Waals surface area (Å²) in [6.45, 7) is 0. The lowest BCUT2D eigenvalue weighted by molar-refractivity contribution is 0.475. The predicted octanol–water partition coefficient (Wildman–Crippen LogP) is 1.86. The van der Waals surface area contributed by atoms with Crippen LogP contribution in [0, 0.1) is 0 Å². The summed E-state index contributed by atoms with van der Waals surface area (Å²) >= 11 is 0. The van der Waals surface area contributed by atoms with E-state index in [0.717, 1.165) is 11.4 Å². The number of hydrogen-bond acceptors (Lipinski definition) is 3. The van der Waals surface area contributed by atoms with Gasteiger partial charge in [0.05, 0.1) is 11.9 Å². The summed E-state index contributed by atoms with van der Waals surface area (Å²) in [6.07, 6.45) is 3.41. The van der Waals surface area contributed by atoms with Gasteiger partial charge in [0.15, 0.2) is 0 Å². The maximum Gasteiger partial charge on any atom is 0.117 e. The first-order valence-electron chi connectivity index (χ1n) is 3.89. The summed E-state index contributed by atoms with van der Waals surface area (Å²) in [5.74, 6) is 0.244. The summed E-state index contributed by atoms with van der Waals surface area (Å²) in [5.41, 5.74) is 1.70. The van der Waals surface area contributed by atoms with Crippen LogP contribution in [0.25, 0.3) is 0 Å². The molecule has 0 fully saturated rings. The van der Waals surface area contributed by atoms with Crippen molar-refractivity contribution in [1.29, 1.82) is 0 Å². The van der Waals surface area contributed by atoms with Crippen molar-refractivity contribution < 1.29 is 5.11 Å². The van der Waals surface area contributed by atoms with E-state index in [4.69, 9.17) is 0 Å². The van der Waals surface area contributed by atoms with Gasteiger partial charge in [0, 0.05) is 18.0 Å². The molecular formula is C9H9N3O. The maximum absolute atomic E-state index is 9.18. The lowest BCUT2D eigenvalue weighted by Gasteiger charge is -2.02. The Bertz CT molecular complexity index is 384. The molecule has 0 atom stereocenters. The monoisotopic (exact) mass is 175 g/mol. The molecule has 0 saturated carbocycles. The number of aromatic amines is 1. The first kappa shape index (κ1) is 7.67. The first-order valence-corrected chi connectivity index (χ1v) is 3.89. The SMILES string of the molecule is Oc1cccc(Nc2cn[nH]c2)c1. The Hall–Kier alpha value is -1.97. The van der Waals surface area contributed by atoms with Crippen LogP contribution in [0.4, 0.5) is 11.4 Å². The highest BCUT2D eigenvalue weighted by atomic mass is 16.3. The molecule has 2 aromatic rings. The van der Waals surface area contributed by atoms with Crippen LogP contribution in [0.5, 0.6) is 5.75 Å². The Labute approximate surface area is 75.2 Å². The number of hydrogen-bond donors (Lipinski definition) is 3. The number of phenolic OH excluding ortho intramolecular Hbond substituents is 1. The van der Waals surface area contributed by atoms with E-state index in [1.807, 2.05) is 6.07 Å². The number of H-pyrrole nitrogens is 1. The summed E-state index contributed by atoms with van der Waals surface area (Å²) in [5, 5.41) is 18.7. The van der Waals surface area contributed by atoms with E-state index in [9.17, 15) is 5.11 Å². The van der Waals surface area contributed by atoms with E-state index in [2.05, 4.69) is 15.5 Å². The molecule has 13 heavy (non-hydrogen) atoms. The van der Waals surface area contributed by atoms with Gasteiger partial charge >= 0.3 is 0 Å². The van der Waals surface area contributed by atoms with Crippen molar-refractivity contribution in [3.8, 4) is 5.75 Å². The van der Waals surface area contributed by atoms with Crippen LogP contribution in [0.2, 0.25) is 0 Å². The third-order valence-electron chi connectivity index (χ3n) is 1.63. The zero-order valence-corrected chi connectivity index (χ0v) is 6.86. The molecule has 4 nitrogen and oxygen atoms in total. The molecule has 0 aliphatic rings. The molecule has 0 aliphatic carbocycles. The second-order valence-corrected chi connectivity index (χ2v) is 2.66. The molecule has 0 spiro atoms. The number of nitrogens with one attached hydrogen (secondary N) is 2. The fraction of sp³-hybridized carbons (Fsp3) is 0. The van der Waals surface area contributed by atoms with E-state index < -0.39 is 0 Å². The second kappa shape index (κ2) is 3.18. The van der Waals surface area contributed by atoms with E-state index >= 15 is 0 Å². The topological polar surface area (TPSA) is 60.9 Å². The number of benzene rings is 1. The molecule has 0 radical (unpaired) electrons. The summed E-state index contributed by atoms with van der Waals surface area (Å²) in [7, 11) is 0. The van der Waals surface area contributed by atoms with Crippen molar-refractivity contribution in [3.05, 3.63) is 36.7 Å². The molecule has 0 amide bonds. The number of aromatic hydroxyl groups is 1. The second-order valence-electron chi connectivity index (χ2n) is 2.66. The summed E-state index contributed by atoms with van der Waals surface area (Å²) in [6, 6.07) is 6.91. The quantitative estimate of drug-likeness (QED) is 0.652. The van der Waals surface area contributed by atoms with E-state index in [0.29, 0.717) is 0 Å². The van der Waals surface area contributed by atoms with Crippen LogP contribution in [0.15, 0.2) is 36.7 Å². The van der Waals surface area contributed by atoms with E-state index in [-0.39, 0.29) is 5.75 Å². The van der Waals surface area contributed by atoms with Gasteiger partial charge < -0.3 is 10.4 Å². The fourth-order valence-electron chi connectivity index (χ4n) is 1.07. The van der Waals surface area contributed by atoms with Crippen molar-refractivity contribution in [2.24, 2.45) is 0 Å². The molecule has 1 heterocycles. The lowest BCUT2D eigenvalue weighted by Crippen LogP contribution is -1.86. The highest BCUT2D eigenvalue weighted by Crippen LogP contribution is 2.19. The highest BCUT2D eigenvalue weighted by molar-refractivity contribution is 5.59. The third-order valence-corrected chi connectivity index (χ3v) is 1.63. The molecule has 1 aromatic heterocycles. The van der Waals surface area contributed by atoms with Crippen LogP contribution in [0.3, 0.4) is 0 Å². The first-order chi connectivity index (χ1) is 6.34. The van der Waals surface area contributed by atoms with E-state index in [1.165, 1.54) is 0 Å². The zero-order valence-electron chi connectivity index (χ0n) is 6.86. The van der Waals surface area contributed by atoms with Crippen LogP contribution in [0.1, 0.15) is 0 Å². The molecule has 3 N–H and O–H groups in total. The minimum atomic E-state index is 0.244. The summed E-state index contributed by atoms with van der Waals surface area (Å²) in [4.78, 5) is 0. The average Bonchev–Trinajstić information content (AvgIpc) is 2.57. The lowest BCUT2D eigenvalue weighted by atomic mass is 10.3. The molecular weight excluding hydrogens is 166 g/mol. The Morgan fingerprint density at radius 3 is 2.92 bits per heavy atom. The Kier molecular flexibility index (Phi) is 1.88. The van der Waals surface area contributed by atoms with Gasteiger partial charge in [0.1, 0.15) is 5.75 Å². The summed E-state index contributed by atoms with van der Waals surface area (Å²) < 4.78 is 0. The molecule has 66 valence electrons. The average molecular weight is 175 g/mol. The minimum absolute atomic E-state index is 0.244. The fourth-order valence-corrected chi connectivity index (χ4v) is 1.07. The van der Waals surface area contributed by atoms with Gasteiger partial charge in [-0.3, -0.25) is 5.10 Å². The molecule has 1 aromatic carbocycles. The Morgan fingerprint density at radius 2 is 2.23 bits per heavy atom. The van der Waals surface area contributed by atoms with Gasteiger partial charge in [-0.05, 0) is 12.1 Å². The van der Waals surface area contributed by atoms with Crippen LogP contribution in [-0.4, -0.2) is 15.3 Å². The van der Waals surface area contributed by atoms with Gasteiger partial charge in [0.2, 0.25) is 0 Å². The maximum atomic E-state index is 9.18. The largest absolute Gasteiger partial charge is 0.508 e. The Morgan fingerprint density at radius 1 is 1.31 bits per heavy atom. The number of anilines is 2. The normalized spacial score (nSPS) is 9.85. The zero-order chi connectivity index (χ0) is 9.10. The van der Waals surface area contributed by atoms with Crippen LogP contribution in [-0.2, 0) is 0 Å². The third kappa shape index (κ3) is 1.79.